The smallest absolute Gasteiger partial charge is 0.311 e. The lowest BCUT2D eigenvalue weighted by Gasteiger charge is -2.10. The second-order valence-electron chi connectivity index (χ2n) is 4.80. The molecule has 0 saturated heterocycles. The summed E-state index contributed by atoms with van der Waals surface area (Å²) in [4.78, 5) is 10.5. The highest BCUT2D eigenvalue weighted by Crippen LogP contribution is 2.34. The van der Waals surface area contributed by atoms with Crippen LogP contribution in [0.1, 0.15) is 24.8 Å². The van der Waals surface area contributed by atoms with Crippen molar-refractivity contribution in [1.29, 1.82) is 0 Å². The van der Waals surface area contributed by atoms with Gasteiger partial charge >= 0.3 is 5.69 Å². The first kappa shape index (κ1) is 12.8. The second kappa shape index (κ2) is 5.35. The first-order valence-corrected chi connectivity index (χ1v) is 6.18. The van der Waals surface area contributed by atoms with Crippen molar-refractivity contribution in [3.05, 3.63) is 33.9 Å². The lowest BCUT2D eigenvalue weighted by molar-refractivity contribution is -0.385. The molecule has 5 nitrogen and oxygen atoms in total. The summed E-state index contributed by atoms with van der Waals surface area (Å²) in [5.74, 6) is 0.966. The Bertz CT molecular complexity index is 444. The third-order valence-electron chi connectivity index (χ3n) is 3.43. The Hall–Kier alpha value is -1.62. The van der Waals surface area contributed by atoms with Crippen LogP contribution >= 0.6 is 0 Å². The largest absolute Gasteiger partial charge is 0.490 e. The van der Waals surface area contributed by atoms with E-state index in [1.165, 1.54) is 20.0 Å². The Morgan fingerprint density at radius 1 is 1.56 bits per heavy atom. The molecule has 1 aromatic rings. The van der Waals surface area contributed by atoms with Gasteiger partial charge in [-0.15, -0.1) is 0 Å². The highest BCUT2D eigenvalue weighted by atomic mass is 16.6. The van der Waals surface area contributed by atoms with Gasteiger partial charge < -0.3 is 10.5 Å². The fraction of sp³-hybridized carbons (Fsp3) is 0.538. The summed E-state index contributed by atoms with van der Waals surface area (Å²) >= 11 is 0. The van der Waals surface area contributed by atoms with E-state index < -0.39 is 4.92 Å². The lowest BCUT2D eigenvalue weighted by Crippen LogP contribution is -2.22. The van der Waals surface area contributed by atoms with Crippen LogP contribution in [0, 0.1) is 16.0 Å². The monoisotopic (exact) mass is 250 g/mol. The van der Waals surface area contributed by atoms with Crippen LogP contribution in [-0.4, -0.2) is 18.1 Å². The number of nitrogens with zero attached hydrogens (tertiary/aromatic N) is 1. The Morgan fingerprint density at radius 3 is 2.83 bits per heavy atom. The van der Waals surface area contributed by atoms with Crippen molar-refractivity contribution < 1.29 is 9.66 Å². The van der Waals surface area contributed by atoms with Gasteiger partial charge in [0.25, 0.3) is 0 Å². The molecule has 1 unspecified atom stereocenters. The molecule has 0 radical (unpaired) electrons. The molecule has 1 saturated carbocycles. The van der Waals surface area contributed by atoms with E-state index in [-0.39, 0.29) is 11.7 Å². The SMILES string of the molecule is COc1ccc(CCC(N)C2CC2)cc1[N+](=O)[O-]. The number of benzene rings is 1. The highest BCUT2D eigenvalue weighted by molar-refractivity contribution is 5.48. The topological polar surface area (TPSA) is 78.4 Å². The number of nitrogens with two attached hydrogens (primary N) is 1. The van der Waals surface area contributed by atoms with E-state index in [4.69, 9.17) is 10.5 Å². The van der Waals surface area contributed by atoms with Crippen LogP contribution in [-0.2, 0) is 6.42 Å². The maximum absolute atomic E-state index is 10.9. The molecule has 98 valence electrons. The van der Waals surface area contributed by atoms with Gasteiger partial charge in [0.05, 0.1) is 12.0 Å². The Balaban J connectivity index is 2.03. The van der Waals surface area contributed by atoms with E-state index in [0.717, 1.165) is 18.4 Å². The minimum atomic E-state index is -0.414. The standard InChI is InChI=1S/C13H18N2O3/c1-18-13-7-3-9(8-12(13)15(16)17)2-6-11(14)10-4-5-10/h3,7-8,10-11H,2,4-6,14H2,1H3. The normalized spacial score (nSPS) is 16.3. The third kappa shape index (κ3) is 2.98. The van der Waals surface area contributed by atoms with Crippen LogP contribution < -0.4 is 10.5 Å². The molecule has 0 heterocycles. The predicted octanol–water partition coefficient (Wildman–Crippen LogP) is 2.27. The molecule has 18 heavy (non-hydrogen) atoms. The maximum Gasteiger partial charge on any atom is 0.311 e. The molecular formula is C13H18N2O3. The molecule has 1 aliphatic rings. The molecule has 1 aromatic carbocycles. The van der Waals surface area contributed by atoms with Crippen molar-refractivity contribution >= 4 is 5.69 Å². The zero-order valence-electron chi connectivity index (χ0n) is 10.5. The van der Waals surface area contributed by atoms with Crippen LogP contribution in [0.5, 0.6) is 5.75 Å². The fourth-order valence-corrected chi connectivity index (χ4v) is 2.13. The van der Waals surface area contributed by atoms with E-state index in [2.05, 4.69) is 0 Å². The molecule has 1 atom stereocenters. The Morgan fingerprint density at radius 2 is 2.28 bits per heavy atom. The number of nitro benzene ring substituents is 1. The molecule has 0 bridgehead atoms. The number of methoxy groups -OCH3 is 1. The summed E-state index contributed by atoms with van der Waals surface area (Å²) in [6.07, 6.45) is 4.12. The van der Waals surface area contributed by atoms with E-state index in [1.807, 2.05) is 6.07 Å². The molecule has 2 rings (SSSR count). The van der Waals surface area contributed by atoms with Crippen LogP contribution in [0.25, 0.3) is 0 Å². The summed E-state index contributed by atoms with van der Waals surface area (Å²) < 4.78 is 4.97. The molecule has 0 amide bonds. The van der Waals surface area contributed by atoms with Crippen LogP contribution in [0.4, 0.5) is 5.69 Å². The lowest BCUT2D eigenvalue weighted by atomic mass is 10.0. The summed E-state index contributed by atoms with van der Waals surface area (Å²) in [7, 11) is 1.44. The van der Waals surface area contributed by atoms with E-state index in [0.29, 0.717) is 11.7 Å². The quantitative estimate of drug-likeness (QED) is 0.620. The fourth-order valence-electron chi connectivity index (χ4n) is 2.13. The number of nitro groups is 1. The van der Waals surface area contributed by atoms with Gasteiger partial charge in [0.15, 0.2) is 5.75 Å². The Kier molecular flexibility index (Phi) is 3.81. The van der Waals surface area contributed by atoms with Crippen LogP contribution in [0.3, 0.4) is 0 Å². The third-order valence-corrected chi connectivity index (χ3v) is 3.43. The number of hydrogen-bond acceptors (Lipinski definition) is 4. The summed E-state index contributed by atoms with van der Waals surface area (Å²) in [6, 6.07) is 5.33. The number of aryl methyl sites for hydroxylation is 1. The number of hydrogen-bond donors (Lipinski definition) is 1. The minimum Gasteiger partial charge on any atom is -0.490 e. The first-order valence-electron chi connectivity index (χ1n) is 6.18. The van der Waals surface area contributed by atoms with Gasteiger partial charge in [-0.05, 0) is 43.2 Å². The predicted molar refractivity (Wildman–Crippen MR) is 68.7 cm³/mol. The van der Waals surface area contributed by atoms with Crippen LogP contribution in [0.2, 0.25) is 0 Å². The van der Waals surface area contributed by atoms with Crippen molar-refractivity contribution in [2.24, 2.45) is 11.7 Å². The van der Waals surface area contributed by atoms with Gasteiger partial charge in [-0.3, -0.25) is 10.1 Å². The second-order valence-corrected chi connectivity index (χ2v) is 4.80. The van der Waals surface area contributed by atoms with Gasteiger partial charge in [0.1, 0.15) is 0 Å². The van der Waals surface area contributed by atoms with Crippen LogP contribution in [0.15, 0.2) is 18.2 Å². The van der Waals surface area contributed by atoms with Gasteiger partial charge in [0, 0.05) is 12.1 Å². The van der Waals surface area contributed by atoms with Crippen molar-refractivity contribution in [3.8, 4) is 5.75 Å². The average Bonchev–Trinajstić information content (AvgIpc) is 3.19. The van der Waals surface area contributed by atoms with Gasteiger partial charge in [-0.2, -0.15) is 0 Å². The molecule has 0 aromatic heterocycles. The van der Waals surface area contributed by atoms with Crippen molar-refractivity contribution in [1.82, 2.24) is 0 Å². The summed E-state index contributed by atoms with van der Waals surface area (Å²) in [5.41, 5.74) is 6.99. The highest BCUT2D eigenvalue weighted by Gasteiger charge is 2.28. The van der Waals surface area contributed by atoms with Gasteiger partial charge in [0.2, 0.25) is 0 Å². The van der Waals surface area contributed by atoms with Crippen molar-refractivity contribution in [2.75, 3.05) is 7.11 Å². The number of ether oxygens (including phenoxy) is 1. The molecule has 2 N–H and O–H groups in total. The first-order chi connectivity index (χ1) is 8.61. The Labute approximate surface area is 106 Å². The van der Waals surface area contributed by atoms with Gasteiger partial charge in [-0.25, -0.2) is 0 Å². The van der Waals surface area contributed by atoms with Crippen molar-refractivity contribution in [3.63, 3.8) is 0 Å². The molecular weight excluding hydrogens is 232 g/mol. The molecule has 1 aliphatic carbocycles. The maximum atomic E-state index is 10.9. The number of rotatable bonds is 6. The van der Waals surface area contributed by atoms with Crippen molar-refractivity contribution in [2.45, 2.75) is 31.7 Å². The van der Waals surface area contributed by atoms with E-state index >= 15 is 0 Å². The average molecular weight is 250 g/mol. The molecule has 5 heteroatoms. The molecule has 1 fully saturated rings. The minimum absolute atomic E-state index is 0.0231. The van der Waals surface area contributed by atoms with Gasteiger partial charge in [-0.1, -0.05) is 6.07 Å². The van der Waals surface area contributed by atoms with E-state index in [1.54, 1.807) is 12.1 Å². The summed E-state index contributed by atoms with van der Waals surface area (Å²) in [6.45, 7) is 0. The molecule has 0 aliphatic heterocycles. The zero-order valence-corrected chi connectivity index (χ0v) is 10.5. The molecule has 0 spiro atoms. The van der Waals surface area contributed by atoms with E-state index in [9.17, 15) is 10.1 Å². The zero-order chi connectivity index (χ0) is 13.1. The summed E-state index contributed by atoms with van der Waals surface area (Å²) in [5, 5.41) is 10.9.